The molecule has 1 aliphatic rings. The maximum atomic E-state index is 11.6. The lowest BCUT2D eigenvalue weighted by molar-refractivity contribution is -0.150. The summed E-state index contributed by atoms with van der Waals surface area (Å²) in [6, 6.07) is 0. The summed E-state index contributed by atoms with van der Waals surface area (Å²) in [5, 5.41) is 10.1. The van der Waals surface area contributed by atoms with Crippen LogP contribution in [0.15, 0.2) is 0 Å². The highest BCUT2D eigenvalue weighted by atomic mass is 16.5. The molecule has 0 saturated heterocycles. The van der Waals surface area contributed by atoms with Crippen LogP contribution in [-0.4, -0.2) is 24.3 Å². The molecule has 1 aliphatic carbocycles. The second-order valence-corrected chi connectivity index (χ2v) is 5.10. The normalized spacial score (nSPS) is 28.8. The minimum Gasteiger partial charge on any atom is -0.469 e. The first-order valence-corrected chi connectivity index (χ1v) is 7.01. The molecule has 0 aromatic carbocycles. The van der Waals surface area contributed by atoms with Gasteiger partial charge in [-0.05, 0) is 12.8 Å². The third kappa shape index (κ3) is 5.53. The number of carbonyl (C=O) groups excluding carboxylic acids is 1. The van der Waals surface area contributed by atoms with Crippen LogP contribution in [-0.2, 0) is 9.53 Å². The predicted molar refractivity (Wildman–Crippen MR) is 67.7 cm³/mol. The Kier molecular flexibility index (Phi) is 7.25. The number of hydrogen-bond acceptors (Lipinski definition) is 3. The van der Waals surface area contributed by atoms with E-state index in [0.29, 0.717) is 0 Å². The minimum absolute atomic E-state index is 0.241. The van der Waals surface area contributed by atoms with Gasteiger partial charge in [0.15, 0.2) is 0 Å². The van der Waals surface area contributed by atoms with E-state index >= 15 is 0 Å². The highest BCUT2D eigenvalue weighted by molar-refractivity contribution is 5.72. The average molecular weight is 242 g/mol. The Hall–Kier alpha value is -0.570. The van der Waals surface area contributed by atoms with Gasteiger partial charge in [-0.15, -0.1) is 0 Å². The molecule has 0 bridgehead atoms. The summed E-state index contributed by atoms with van der Waals surface area (Å²) < 4.78 is 4.79. The van der Waals surface area contributed by atoms with Crippen LogP contribution in [0.2, 0.25) is 0 Å². The molecule has 0 aliphatic heterocycles. The highest BCUT2D eigenvalue weighted by Gasteiger charge is 2.26. The van der Waals surface area contributed by atoms with Gasteiger partial charge in [0.05, 0.1) is 19.1 Å². The van der Waals surface area contributed by atoms with Gasteiger partial charge in [0.2, 0.25) is 0 Å². The number of carbonyl (C=O) groups is 1. The minimum atomic E-state index is -0.512. The zero-order chi connectivity index (χ0) is 12.5. The molecule has 3 nitrogen and oxygen atoms in total. The SMILES string of the molecule is COC(=O)[C@@H]1CCCCCCCCCC[C@@H]1O. The molecule has 0 aromatic heterocycles. The van der Waals surface area contributed by atoms with Gasteiger partial charge >= 0.3 is 5.97 Å². The van der Waals surface area contributed by atoms with E-state index in [1.807, 2.05) is 0 Å². The van der Waals surface area contributed by atoms with E-state index in [1.165, 1.54) is 45.6 Å². The van der Waals surface area contributed by atoms with Crippen LogP contribution in [0.5, 0.6) is 0 Å². The fourth-order valence-corrected chi connectivity index (χ4v) is 2.60. The molecule has 0 aromatic rings. The van der Waals surface area contributed by atoms with Gasteiger partial charge in [0.1, 0.15) is 0 Å². The van der Waals surface area contributed by atoms with Crippen LogP contribution in [0.25, 0.3) is 0 Å². The Bertz CT molecular complexity index is 216. The fraction of sp³-hybridized carbons (Fsp3) is 0.929. The third-order valence-corrected chi connectivity index (χ3v) is 3.73. The number of ether oxygens (including phenoxy) is 1. The maximum Gasteiger partial charge on any atom is 0.311 e. The maximum absolute atomic E-state index is 11.6. The molecule has 1 rings (SSSR count). The Morgan fingerprint density at radius 1 is 0.941 bits per heavy atom. The highest BCUT2D eigenvalue weighted by Crippen LogP contribution is 2.22. The van der Waals surface area contributed by atoms with E-state index in [1.54, 1.807) is 0 Å². The molecule has 0 unspecified atom stereocenters. The average Bonchev–Trinajstić information content (AvgIpc) is 2.33. The molecular formula is C14H26O3. The van der Waals surface area contributed by atoms with E-state index in [2.05, 4.69) is 0 Å². The molecule has 0 heterocycles. The fourth-order valence-electron chi connectivity index (χ4n) is 2.60. The number of rotatable bonds is 1. The monoisotopic (exact) mass is 242 g/mol. The predicted octanol–water partition coefficient (Wildman–Crippen LogP) is 3.05. The van der Waals surface area contributed by atoms with Gasteiger partial charge in [-0.3, -0.25) is 4.79 Å². The zero-order valence-corrected chi connectivity index (χ0v) is 11.0. The summed E-state index contributed by atoms with van der Waals surface area (Å²) in [6.45, 7) is 0. The Morgan fingerprint density at radius 2 is 1.41 bits per heavy atom. The van der Waals surface area contributed by atoms with Crippen LogP contribution in [0.1, 0.15) is 64.2 Å². The number of hydrogen-bond donors (Lipinski definition) is 1. The molecule has 2 atom stereocenters. The van der Waals surface area contributed by atoms with Crippen molar-refractivity contribution < 1.29 is 14.6 Å². The van der Waals surface area contributed by atoms with E-state index in [4.69, 9.17) is 4.74 Å². The van der Waals surface area contributed by atoms with Crippen molar-refractivity contribution in [1.29, 1.82) is 0 Å². The van der Waals surface area contributed by atoms with Crippen molar-refractivity contribution in [2.75, 3.05) is 7.11 Å². The van der Waals surface area contributed by atoms with Crippen LogP contribution >= 0.6 is 0 Å². The van der Waals surface area contributed by atoms with E-state index in [9.17, 15) is 9.90 Å². The van der Waals surface area contributed by atoms with Gasteiger partial charge in [0, 0.05) is 0 Å². The molecule has 17 heavy (non-hydrogen) atoms. The van der Waals surface area contributed by atoms with Crippen LogP contribution in [0, 0.1) is 5.92 Å². The number of methoxy groups -OCH3 is 1. The quantitative estimate of drug-likeness (QED) is 0.719. The summed E-state index contributed by atoms with van der Waals surface area (Å²) in [5.41, 5.74) is 0. The molecule has 0 radical (unpaired) electrons. The van der Waals surface area contributed by atoms with Crippen molar-refractivity contribution in [3.05, 3.63) is 0 Å². The van der Waals surface area contributed by atoms with Gasteiger partial charge < -0.3 is 9.84 Å². The van der Waals surface area contributed by atoms with Crippen molar-refractivity contribution in [3.8, 4) is 0 Å². The molecule has 0 amide bonds. The van der Waals surface area contributed by atoms with Gasteiger partial charge in [0.25, 0.3) is 0 Å². The van der Waals surface area contributed by atoms with E-state index < -0.39 is 6.10 Å². The summed E-state index contributed by atoms with van der Waals surface area (Å²) in [4.78, 5) is 11.6. The molecule has 100 valence electrons. The number of aliphatic hydroxyl groups is 1. The molecule has 1 N–H and O–H groups in total. The first-order chi connectivity index (χ1) is 8.25. The topological polar surface area (TPSA) is 46.5 Å². The summed E-state index contributed by atoms with van der Waals surface area (Å²) in [6.07, 6.45) is 10.5. The Morgan fingerprint density at radius 3 is 1.94 bits per heavy atom. The van der Waals surface area contributed by atoms with Crippen LogP contribution in [0.4, 0.5) is 0 Å². The van der Waals surface area contributed by atoms with Crippen molar-refractivity contribution in [1.82, 2.24) is 0 Å². The van der Waals surface area contributed by atoms with Crippen LogP contribution in [0.3, 0.4) is 0 Å². The lowest BCUT2D eigenvalue weighted by Crippen LogP contribution is -2.29. The lowest BCUT2D eigenvalue weighted by Gasteiger charge is -2.21. The summed E-state index contributed by atoms with van der Waals surface area (Å²) in [5.74, 6) is -0.547. The van der Waals surface area contributed by atoms with Gasteiger partial charge in [-0.2, -0.15) is 0 Å². The molecule has 0 spiro atoms. The Labute approximate surface area is 105 Å². The Balaban J connectivity index is 2.47. The lowest BCUT2D eigenvalue weighted by atomic mass is 9.90. The van der Waals surface area contributed by atoms with Gasteiger partial charge in [-0.25, -0.2) is 0 Å². The summed E-state index contributed by atoms with van der Waals surface area (Å²) >= 11 is 0. The zero-order valence-electron chi connectivity index (χ0n) is 11.0. The standard InChI is InChI=1S/C14H26O3/c1-17-14(16)12-10-8-6-4-2-3-5-7-9-11-13(12)15/h12-13,15H,2-11H2,1H3/t12-,13+/m1/s1. The molecular weight excluding hydrogens is 216 g/mol. The molecule has 3 heteroatoms. The van der Waals surface area contributed by atoms with E-state index in [0.717, 1.165) is 25.7 Å². The first kappa shape index (κ1) is 14.5. The van der Waals surface area contributed by atoms with Gasteiger partial charge in [-0.1, -0.05) is 51.4 Å². The molecule has 1 saturated carbocycles. The van der Waals surface area contributed by atoms with Crippen molar-refractivity contribution in [2.24, 2.45) is 5.92 Å². The van der Waals surface area contributed by atoms with Crippen molar-refractivity contribution >= 4 is 5.97 Å². The first-order valence-electron chi connectivity index (χ1n) is 7.01. The second-order valence-electron chi connectivity index (χ2n) is 5.10. The summed E-state index contributed by atoms with van der Waals surface area (Å²) in [7, 11) is 1.41. The van der Waals surface area contributed by atoms with Crippen molar-refractivity contribution in [2.45, 2.75) is 70.3 Å². The third-order valence-electron chi connectivity index (χ3n) is 3.73. The van der Waals surface area contributed by atoms with E-state index in [-0.39, 0.29) is 11.9 Å². The largest absolute Gasteiger partial charge is 0.469 e. The van der Waals surface area contributed by atoms with Crippen molar-refractivity contribution in [3.63, 3.8) is 0 Å². The van der Waals surface area contributed by atoms with Crippen LogP contribution < -0.4 is 0 Å². The molecule has 1 fully saturated rings. The smallest absolute Gasteiger partial charge is 0.311 e. The number of aliphatic hydroxyl groups excluding tert-OH is 1. The number of esters is 1. The second kappa shape index (κ2) is 8.51.